The highest BCUT2D eigenvalue weighted by atomic mass is 19.1. The zero-order chi connectivity index (χ0) is 15.4. The molecular formula is C14H17FN2O4. The fourth-order valence-electron chi connectivity index (χ4n) is 2.66. The monoisotopic (exact) mass is 296 g/mol. The van der Waals surface area contributed by atoms with Crippen molar-refractivity contribution in [1.29, 1.82) is 0 Å². The predicted molar refractivity (Wildman–Crippen MR) is 73.1 cm³/mol. The molecule has 2 rings (SSSR count). The van der Waals surface area contributed by atoms with Gasteiger partial charge in [0.2, 0.25) is 0 Å². The van der Waals surface area contributed by atoms with Gasteiger partial charge >= 0.3 is 5.97 Å². The van der Waals surface area contributed by atoms with Crippen LogP contribution in [0.25, 0.3) is 0 Å². The number of esters is 1. The van der Waals surface area contributed by atoms with Gasteiger partial charge in [-0.25, -0.2) is 4.39 Å². The molecule has 114 valence electrons. The molecule has 0 N–H and O–H groups in total. The van der Waals surface area contributed by atoms with Crippen LogP contribution in [-0.2, 0) is 16.1 Å². The van der Waals surface area contributed by atoms with Gasteiger partial charge in [-0.3, -0.25) is 19.8 Å². The number of hydrogen-bond acceptors (Lipinski definition) is 5. The van der Waals surface area contributed by atoms with E-state index in [0.29, 0.717) is 13.0 Å². The Morgan fingerprint density at radius 1 is 1.52 bits per heavy atom. The summed E-state index contributed by atoms with van der Waals surface area (Å²) in [5, 5.41) is 11.0. The third-order valence-corrected chi connectivity index (χ3v) is 3.70. The van der Waals surface area contributed by atoms with E-state index in [2.05, 4.69) is 0 Å². The van der Waals surface area contributed by atoms with Crippen LogP contribution in [0.3, 0.4) is 0 Å². The van der Waals surface area contributed by atoms with Crippen molar-refractivity contribution in [2.24, 2.45) is 0 Å². The van der Waals surface area contributed by atoms with Gasteiger partial charge in [0.1, 0.15) is 11.9 Å². The van der Waals surface area contributed by atoms with E-state index in [0.717, 1.165) is 31.0 Å². The highest BCUT2D eigenvalue weighted by Gasteiger charge is 2.30. The molecule has 1 aliphatic heterocycles. The van der Waals surface area contributed by atoms with Crippen molar-refractivity contribution in [3.8, 4) is 0 Å². The minimum absolute atomic E-state index is 0.134. The third-order valence-electron chi connectivity index (χ3n) is 3.70. The van der Waals surface area contributed by atoms with Crippen molar-refractivity contribution in [2.45, 2.75) is 31.8 Å². The normalized spacial score (nSPS) is 19.2. The number of likely N-dealkylation sites (tertiary alicyclic amines) is 1. The average Bonchev–Trinajstić information content (AvgIpc) is 2.47. The fraction of sp³-hybridized carbons (Fsp3) is 0.500. The quantitative estimate of drug-likeness (QED) is 0.484. The highest BCUT2D eigenvalue weighted by molar-refractivity contribution is 5.75. The zero-order valence-electron chi connectivity index (χ0n) is 11.8. The number of nitrogens with zero attached hydrogens (tertiary/aromatic N) is 2. The van der Waals surface area contributed by atoms with Gasteiger partial charge in [0, 0.05) is 18.2 Å². The molecule has 0 unspecified atom stereocenters. The zero-order valence-corrected chi connectivity index (χ0v) is 11.8. The molecule has 0 spiro atoms. The van der Waals surface area contributed by atoms with Crippen LogP contribution in [0.5, 0.6) is 0 Å². The first kappa shape index (κ1) is 15.4. The standard InChI is InChI=1S/C14H17FN2O4/c1-21-14(18)13-4-2-3-7-16(13)9-10-8-11(15)5-6-12(10)17(19)20/h5-6,8,13H,2-4,7,9H2,1H3/t13-/m1/s1. The van der Waals surface area contributed by atoms with Crippen molar-refractivity contribution >= 4 is 11.7 Å². The summed E-state index contributed by atoms with van der Waals surface area (Å²) >= 11 is 0. The van der Waals surface area contributed by atoms with E-state index in [9.17, 15) is 19.3 Å². The van der Waals surface area contributed by atoms with Crippen molar-refractivity contribution in [3.05, 3.63) is 39.7 Å². The van der Waals surface area contributed by atoms with Gasteiger partial charge in [0.05, 0.1) is 12.0 Å². The lowest BCUT2D eigenvalue weighted by Crippen LogP contribution is -2.44. The summed E-state index contributed by atoms with van der Waals surface area (Å²) in [6.45, 7) is 0.793. The first-order chi connectivity index (χ1) is 10.0. The van der Waals surface area contributed by atoms with Gasteiger partial charge in [0.25, 0.3) is 5.69 Å². The SMILES string of the molecule is COC(=O)[C@H]1CCCCN1Cc1cc(F)ccc1[N+](=O)[O-]. The first-order valence-corrected chi connectivity index (χ1v) is 6.77. The summed E-state index contributed by atoms with van der Waals surface area (Å²) in [4.78, 5) is 24.1. The number of nitro benzene ring substituents is 1. The molecule has 0 saturated carbocycles. The second-order valence-corrected chi connectivity index (χ2v) is 5.04. The third kappa shape index (κ3) is 3.55. The lowest BCUT2D eigenvalue weighted by molar-refractivity contribution is -0.385. The van der Waals surface area contributed by atoms with E-state index in [4.69, 9.17) is 4.74 Å². The molecule has 6 nitrogen and oxygen atoms in total. The Balaban J connectivity index is 2.24. The van der Waals surface area contributed by atoms with E-state index in [1.54, 1.807) is 0 Å². The predicted octanol–water partition coefficient (Wildman–Crippen LogP) is 2.26. The van der Waals surface area contributed by atoms with Crippen LogP contribution < -0.4 is 0 Å². The van der Waals surface area contributed by atoms with Crippen LogP contribution in [0.2, 0.25) is 0 Å². The maximum absolute atomic E-state index is 13.4. The molecule has 1 saturated heterocycles. The fourth-order valence-corrected chi connectivity index (χ4v) is 2.66. The Kier molecular flexibility index (Phi) is 4.85. The van der Waals surface area contributed by atoms with E-state index >= 15 is 0 Å². The Morgan fingerprint density at radius 2 is 2.29 bits per heavy atom. The number of benzene rings is 1. The Hall–Kier alpha value is -2.02. The molecule has 0 radical (unpaired) electrons. The van der Waals surface area contributed by atoms with Gasteiger partial charge in [-0.2, -0.15) is 0 Å². The van der Waals surface area contributed by atoms with E-state index in [1.165, 1.54) is 7.11 Å². The number of halogens is 1. The number of ether oxygens (including phenoxy) is 1. The van der Waals surface area contributed by atoms with Crippen molar-refractivity contribution in [3.63, 3.8) is 0 Å². The van der Waals surface area contributed by atoms with Crippen molar-refractivity contribution in [2.75, 3.05) is 13.7 Å². The summed E-state index contributed by atoms with van der Waals surface area (Å²) in [7, 11) is 1.32. The molecule has 1 atom stereocenters. The lowest BCUT2D eigenvalue weighted by Gasteiger charge is -2.33. The second kappa shape index (κ2) is 6.62. The number of methoxy groups -OCH3 is 1. The summed E-state index contributed by atoms with van der Waals surface area (Å²) < 4.78 is 18.1. The number of carbonyl (C=O) groups excluding carboxylic acids is 1. The maximum Gasteiger partial charge on any atom is 0.323 e. The number of hydrogen-bond donors (Lipinski definition) is 0. The van der Waals surface area contributed by atoms with Gasteiger partial charge in [-0.05, 0) is 31.5 Å². The van der Waals surface area contributed by atoms with Crippen molar-refractivity contribution < 1.29 is 18.8 Å². The second-order valence-electron chi connectivity index (χ2n) is 5.04. The van der Waals surface area contributed by atoms with Gasteiger partial charge < -0.3 is 4.74 Å². The van der Waals surface area contributed by atoms with Crippen LogP contribution in [0, 0.1) is 15.9 Å². The number of carbonyl (C=O) groups is 1. The smallest absolute Gasteiger partial charge is 0.323 e. The number of nitro groups is 1. The van der Waals surface area contributed by atoms with Crippen LogP contribution in [0.15, 0.2) is 18.2 Å². The summed E-state index contributed by atoms with van der Waals surface area (Å²) in [5.41, 5.74) is 0.140. The van der Waals surface area contributed by atoms with E-state index in [1.807, 2.05) is 4.90 Å². The largest absolute Gasteiger partial charge is 0.468 e. The molecule has 1 aliphatic rings. The Labute approximate surface area is 121 Å². The molecule has 1 aromatic carbocycles. The Morgan fingerprint density at radius 3 is 2.95 bits per heavy atom. The lowest BCUT2D eigenvalue weighted by atomic mass is 10.0. The minimum atomic E-state index is -0.536. The van der Waals surface area contributed by atoms with Crippen LogP contribution in [0.4, 0.5) is 10.1 Å². The maximum atomic E-state index is 13.4. The topological polar surface area (TPSA) is 72.7 Å². The number of rotatable bonds is 4. The molecule has 0 aliphatic carbocycles. The summed E-state index contributed by atoms with van der Waals surface area (Å²) in [5.74, 6) is -0.879. The molecule has 0 bridgehead atoms. The molecule has 21 heavy (non-hydrogen) atoms. The van der Waals surface area contributed by atoms with Crippen LogP contribution in [-0.4, -0.2) is 35.5 Å². The van der Waals surface area contributed by atoms with Gasteiger partial charge in [-0.1, -0.05) is 6.42 Å². The summed E-state index contributed by atoms with van der Waals surface area (Å²) in [6, 6.07) is 2.95. The molecule has 1 fully saturated rings. The molecule has 7 heteroatoms. The summed E-state index contributed by atoms with van der Waals surface area (Å²) in [6.07, 6.45) is 2.45. The first-order valence-electron chi connectivity index (χ1n) is 6.77. The molecule has 0 amide bonds. The highest BCUT2D eigenvalue weighted by Crippen LogP contribution is 2.25. The molecule has 1 heterocycles. The van der Waals surface area contributed by atoms with E-state index < -0.39 is 16.8 Å². The molecule has 0 aromatic heterocycles. The molecular weight excluding hydrogens is 279 g/mol. The Bertz CT molecular complexity index is 550. The minimum Gasteiger partial charge on any atom is -0.468 e. The van der Waals surface area contributed by atoms with Gasteiger partial charge in [-0.15, -0.1) is 0 Å². The molecule has 1 aromatic rings. The van der Waals surface area contributed by atoms with Crippen LogP contribution in [0.1, 0.15) is 24.8 Å². The van der Waals surface area contributed by atoms with E-state index in [-0.39, 0.29) is 23.8 Å². The van der Waals surface area contributed by atoms with Gasteiger partial charge in [0.15, 0.2) is 0 Å². The average molecular weight is 296 g/mol. The number of piperidine rings is 1. The van der Waals surface area contributed by atoms with Crippen LogP contribution >= 0.6 is 0 Å². The van der Waals surface area contributed by atoms with Crippen molar-refractivity contribution in [1.82, 2.24) is 4.90 Å².